The summed E-state index contributed by atoms with van der Waals surface area (Å²) in [6.07, 6.45) is 0.822. The van der Waals surface area contributed by atoms with Crippen LogP contribution in [0.25, 0.3) is 0 Å². The Morgan fingerprint density at radius 1 is 1.27 bits per heavy atom. The second-order valence-electron chi connectivity index (χ2n) is 7.12. The highest BCUT2D eigenvalue weighted by molar-refractivity contribution is 5.85. The molecule has 2 saturated heterocycles. The van der Waals surface area contributed by atoms with Crippen molar-refractivity contribution in [3.05, 3.63) is 17.5 Å². The Balaban J connectivity index is 0.00000243. The number of hydrogen-bond acceptors (Lipinski definition) is 3. The molecule has 2 N–H and O–H groups in total. The van der Waals surface area contributed by atoms with Crippen LogP contribution in [0.3, 0.4) is 0 Å². The smallest absolute Gasteiger partial charge is 0.342 e. The van der Waals surface area contributed by atoms with E-state index < -0.39 is 11.9 Å². The van der Waals surface area contributed by atoms with Crippen LogP contribution in [0.4, 0.5) is 13.2 Å². The summed E-state index contributed by atoms with van der Waals surface area (Å²) in [4.78, 5) is 14.3. The molecule has 0 saturated carbocycles. The Bertz CT molecular complexity index is 587. The van der Waals surface area contributed by atoms with Crippen LogP contribution in [0.5, 0.6) is 0 Å². The standard InChI is InChI=1S/C17H25F3N4O.ClH/c18-17(19,20)15-10-14(22-23-15)13-2-1-9-24(11-13)16(25)4-3-12-5-7-21-8-6-12;/h10,12-13,21H,1-9,11H2,(H,22,23);1H. The van der Waals surface area contributed by atoms with Crippen LogP contribution < -0.4 is 5.32 Å². The summed E-state index contributed by atoms with van der Waals surface area (Å²) in [6, 6.07) is 1.08. The van der Waals surface area contributed by atoms with E-state index in [-0.39, 0.29) is 24.2 Å². The van der Waals surface area contributed by atoms with Crippen molar-refractivity contribution in [2.75, 3.05) is 26.2 Å². The topological polar surface area (TPSA) is 61.0 Å². The average molecular weight is 395 g/mol. The van der Waals surface area contributed by atoms with E-state index in [0.29, 0.717) is 31.1 Å². The lowest BCUT2D eigenvalue weighted by Gasteiger charge is -2.33. The first-order chi connectivity index (χ1) is 11.9. The molecule has 26 heavy (non-hydrogen) atoms. The van der Waals surface area contributed by atoms with Crippen LogP contribution in [0.2, 0.25) is 0 Å². The zero-order chi connectivity index (χ0) is 17.9. The molecule has 148 valence electrons. The van der Waals surface area contributed by atoms with Crippen molar-refractivity contribution in [3.63, 3.8) is 0 Å². The van der Waals surface area contributed by atoms with Gasteiger partial charge >= 0.3 is 6.18 Å². The lowest BCUT2D eigenvalue weighted by atomic mass is 9.91. The number of rotatable bonds is 4. The first-order valence-corrected chi connectivity index (χ1v) is 9.04. The molecular weight excluding hydrogens is 369 g/mol. The molecule has 9 heteroatoms. The predicted molar refractivity (Wildman–Crippen MR) is 94.2 cm³/mol. The molecule has 3 rings (SSSR count). The van der Waals surface area contributed by atoms with Gasteiger partial charge in [-0.1, -0.05) is 0 Å². The maximum absolute atomic E-state index is 12.7. The Morgan fingerprint density at radius 2 is 2.00 bits per heavy atom. The molecule has 2 fully saturated rings. The number of hydrogen-bond donors (Lipinski definition) is 2. The maximum Gasteiger partial charge on any atom is 0.435 e. The van der Waals surface area contributed by atoms with Gasteiger partial charge in [0.25, 0.3) is 0 Å². The average Bonchev–Trinajstić information content (AvgIpc) is 3.11. The van der Waals surface area contributed by atoms with E-state index in [9.17, 15) is 18.0 Å². The highest BCUT2D eigenvalue weighted by Gasteiger charge is 2.35. The summed E-state index contributed by atoms with van der Waals surface area (Å²) in [7, 11) is 0. The molecule has 2 aliphatic rings. The third-order valence-electron chi connectivity index (χ3n) is 5.33. The minimum atomic E-state index is -4.44. The fraction of sp³-hybridized carbons (Fsp3) is 0.765. The Kier molecular flexibility index (Phi) is 7.34. The third kappa shape index (κ3) is 5.36. The van der Waals surface area contributed by atoms with Crippen molar-refractivity contribution in [1.29, 1.82) is 0 Å². The summed E-state index contributed by atoms with van der Waals surface area (Å²) < 4.78 is 38.1. The summed E-state index contributed by atoms with van der Waals surface area (Å²) in [5.41, 5.74) is -0.417. The molecule has 1 unspecified atom stereocenters. The van der Waals surface area contributed by atoms with Gasteiger partial charge in [-0.05, 0) is 57.2 Å². The molecule has 1 aromatic heterocycles. The molecule has 3 heterocycles. The molecule has 1 amide bonds. The Hall–Kier alpha value is -1.28. The largest absolute Gasteiger partial charge is 0.435 e. The lowest BCUT2D eigenvalue weighted by molar-refractivity contribution is -0.141. The van der Waals surface area contributed by atoms with Crippen molar-refractivity contribution in [2.24, 2.45) is 5.92 Å². The first kappa shape index (κ1) is 21.0. The molecule has 0 spiro atoms. The van der Waals surface area contributed by atoms with Crippen LogP contribution >= 0.6 is 12.4 Å². The van der Waals surface area contributed by atoms with E-state index in [1.54, 1.807) is 0 Å². The first-order valence-electron chi connectivity index (χ1n) is 9.04. The van der Waals surface area contributed by atoms with E-state index in [1.165, 1.54) is 0 Å². The van der Waals surface area contributed by atoms with Gasteiger partial charge in [0.1, 0.15) is 0 Å². The van der Waals surface area contributed by atoms with E-state index in [0.717, 1.165) is 51.3 Å². The van der Waals surface area contributed by atoms with E-state index >= 15 is 0 Å². The van der Waals surface area contributed by atoms with Crippen LogP contribution in [-0.2, 0) is 11.0 Å². The molecule has 5 nitrogen and oxygen atoms in total. The number of alkyl halides is 3. The molecular formula is C17H26ClF3N4O. The highest BCUT2D eigenvalue weighted by atomic mass is 35.5. The van der Waals surface area contributed by atoms with E-state index in [2.05, 4.69) is 15.5 Å². The van der Waals surface area contributed by atoms with Crippen molar-refractivity contribution in [1.82, 2.24) is 20.4 Å². The number of carbonyl (C=O) groups excluding carboxylic acids is 1. The molecule has 1 atom stereocenters. The van der Waals surface area contributed by atoms with Crippen molar-refractivity contribution in [3.8, 4) is 0 Å². The number of aromatic amines is 1. The molecule has 0 bridgehead atoms. The van der Waals surface area contributed by atoms with Gasteiger partial charge in [-0.15, -0.1) is 12.4 Å². The van der Waals surface area contributed by atoms with Crippen molar-refractivity contribution in [2.45, 2.75) is 50.6 Å². The van der Waals surface area contributed by atoms with Gasteiger partial charge in [-0.2, -0.15) is 18.3 Å². The van der Waals surface area contributed by atoms with Gasteiger partial charge in [-0.25, -0.2) is 0 Å². The van der Waals surface area contributed by atoms with Gasteiger partial charge in [0, 0.05) is 31.1 Å². The van der Waals surface area contributed by atoms with Gasteiger partial charge in [-0.3, -0.25) is 9.89 Å². The van der Waals surface area contributed by atoms with Crippen LogP contribution in [0, 0.1) is 5.92 Å². The zero-order valence-corrected chi connectivity index (χ0v) is 15.5. The third-order valence-corrected chi connectivity index (χ3v) is 5.33. The number of amides is 1. The van der Waals surface area contributed by atoms with Crippen molar-refractivity contribution < 1.29 is 18.0 Å². The van der Waals surface area contributed by atoms with Crippen LogP contribution in [0.15, 0.2) is 6.07 Å². The number of piperidine rings is 2. The van der Waals surface area contributed by atoms with E-state index in [4.69, 9.17) is 0 Å². The van der Waals surface area contributed by atoms with E-state index in [1.807, 2.05) is 4.90 Å². The second kappa shape index (κ2) is 9.08. The van der Waals surface area contributed by atoms with Crippen LogP contribution in [0.1, 0.15) is 55.8 Å². The number of carbonyl (C=O) groups is 1. The SMILES string of the molecule is Cl.O=C(CCC1CCNCC1)N1CCCC(c2cc(C(F)(F)F)n[nH]2)C1. The maximum atomic E-state index is 12.7. The number of halogens is 4. The number of likely N-dealkylation sites (tertiary alicyclic amines) is 1. The fourth-order valence-corrected chi connectivity index (χ4v) is 3.80. The fourth-order valence-electron chi connectivity index (χ4n) is 3.80. The molecule has 0 radical (unpaired) electrons. The summed E-state index contributed by atoms with van der Waals surface area (Å²) in [5.74, 6) is 0.631. The number of aromatic nitrogens is 2. The monoisotopic (exact) mass is 394 g/mol. The number of nitrogens with zero attached hydrogens (tertiary/aromatic N) is 2. The summed E-state index contributed by atoms with van der Waals surface area (Å²) >= 11 is 0. The Labute approximate surface area is 157 Å². The molecule has 0 aliphatic carbocycles. The molecule has 2 aliphatic heterocycles. The Morgan fingerprint density at radius 3 is 2.65 bits per heavy atom. The second-order valence-corrected chi connectivity index (χ2v) is 7.12. The lowest BCUT2D eigenvalue weighted by Crippen LogP contribution is -2.39. The highest BCUT2D eigenvalue weighted by Crippen LogP contribution is 2.32. The van der Waals surface area contributed by atoms with Gasteiger partial charge < -0.3 is 10.2 Å². The predicted octanol–water partition coefficient (Wildman–Crippen LogP) is 3.34. The minimum absolute atomic E-state index is 0. The number of H-pyrrole nitrogens is 1. The van der Waals surface area contributed by atoms with Gasteiger partial charge in [0.05, 0.1) is 0 Å². The summed E-state index contributed by atoms with van der Waals surface area (Å²) in [5, 5.41) is 9.20. The number of nitrogens with one attached hydrogen (secondary N) is 2. The zero-order valence-electron chi connectivity index (χ0n) is 14.6. The van der Waals surface area contributed by atoms with Gasteiger partial charge in [0.2, 0.25) is 5.91 Å². The van der Waals surface area contributed by atoms with Crippen molar-refractivity contribution >= 4 is 18.3 Å². The summed E-state index contributed by atoms with van der Waals surface area (Å²) in [6.45, 7) is 3.21. The molecule has 1 aromatic rings. The molecule has 0 aromatic carbocycles. The quantitative estimate of drug-likeness (QED) is 0.823. The minimum Gasteiger partial charge on any atom is -0.342 e. The van der Waals surface area contributed by atoms with Crippen LogP contribution in [-0.4, -0.2) is 47.2 Å². The van der Waals surface area contributed by atoms with Gasteiger partial charge in [0.15, 0.2) is 5.69 Å². The normalized spacial score (nSPS) is 22.1.